The molecule has 0 aromatic heterocycles. The summed E-state index contributed by atoms with van der Waals surface area (Å²) in [5.41, 5.74) is 0. The first kappa shape index (κ1) is 10.1. The van der Waals surface area contributed by atoms with Crippen LogP contribution in [0, 0.1) is 0 Å². The fourth-order valence-electron chi connectivity index (χ4n) is 1.01. The van der Waals surface area contributed by atoms with Crippen molar-refractivity contribution in [3.05, 3.63) is 0 Å². The molecule has 0 heterocycles. The molecule has 0 atom stereocenters. The van der Waals surface area contributed by atoms with Crippen molar-refractivity contribution in [3.63, 3.8) is 0 Å². The summed E-state index contributed by atoms with van der Waals surface area (Å²) >= 11 is 0. The topological polar surface area (TPSA) is 18.5 Å². The summed E-state index contributed by atoms with van der Waals surface area (Å²) in [4.78, 5) is 4.33. The van der Waals surface area contributed by atoms with Gasteiger partial charge in [-0.3, -0.25) is 15.1 Å². The van der Waals surface area contributed by atoms with Gasteiger partial charge in [-0.25, -0.2) is 0 Å². The van der Waals surface area contributed by atoms with E-state index in [0.717, 1.165) is 6.17 Å². The molecule has 3 nitrogen and oxygen atoms in total. The molecule has 0 aliphatic carbocycles. The van der Waals surface area contributed by atoms with Gasteiger partial charge in [0, 0.05) is 10.2 Å². The lowest BCUT2D eigenvalue weighted by molar-refractivity contribution is 0.102. The number of nitrogens with zero attached hydrogens (tertiary/aromatic N) is 2. The van der Waals surface area contributed by atoms with E-state index in [9.17, 15) is 0 Å². The van der Waals surface area contributed by atoms with E-state index in [1.165, 1.54) is 10.2 Å². The highest BCUT2D eigenvalue weighted by Crippen LogP contribution is 1.90. The molecule has 0 unspecified atom stereocenters. The van der Waals surface area contributed by atoms with Gasteiger partial charge >= 0.3 is 0 Å². The van der Waals surface area contributed by atoms with Gasteiger partial charge in [0.2, 0.25) is 0 Å². The molecule has 0 aromatic rings. The number of rotatable bonds is 4. The van der Waals surface area contributed by atoms with Crippen molar-refractivity contribution in [2.75, 3.05) is 34.4 Å². The molecule has 0 saturated carbocycles. The normalized spacial score (nSPS) is 12.3. The van der Waals surface area contributed by atoms with E-state index in [4.69, 9.17) is 0 Å². The molecule has 0 rings (SSSR count). The van der Waals surface area contributed by atoms with E-state index >= 15 is 0 Å². The van der Waals surface area contributed by atoms with E-state index in [2.05, 4.69) is 43.3 Å². The van der Waals surface area contributed by atoms with Crippen molar-refractivity contribution in [1.82, 2.24) is 15.1 Å². The molecule has 1 N–H and O–H groups in total. The van der Waals surface area contributed by atoms with Gasteiger partial charge in [-0.1, -0.05) is 0 Å². The molecule has 0 fully saturated rings. The summed E-state index contributed by atoms with van der Waals surface area (Å²) in [6, 6.07) is 0. The maximum Gasteiger partial charge on any atom is 0.115 e. The molecule has 0 radical (unpaired) electrons. The summed E-state index contributed by atoms with van der Waals surface area (Å²) in [7, 11) is 9.53. The highest BCUT2D eigenvalue weighted by Gasteiger charge is 2.09. The van der Waals surface area contributed by atoms with Gasteiger partial charge in [0.15, 0.2) is 0 Å². The number of nitrogens with one attached hydrogen (secondary N) is 1. The molecule has 0 bridgehead atoms. The van der Waals surface area contributed by atoms with Crippen molar-refractivity contribution in [2.24, 2.45) is 0 Å². The monoisotopic (exact) mass is 161 g/mol. The highest BCUT2D eigenvalue weighted by molar-refractivity contribution is 6.08. The van der Waals surface area contributed by atoms with Gasteiger partial charge < -0.3 is 0 Å². The molecule has 0 aliphatic heterocycles. The van der Waals surface area contributed by atoms with Crippen LogP contribution in [0.25, 0.3) is 0 Å². The Bertz CT molecular complexity index is 77.1. The Kier molecular flexibility index (Phi) is 4.89. The lowest BCUT2D eigenvalue weighted by Crippen LogP contribution is -2.51. The summed E-state index contributed by atoms with van der Waals surface area (Å²) in [6.45, 7) is 0. The molecule has 10 heavy (non-hydrogen) atoms. The quantitative estimate of drug-likeness (QED) is 0.392. The van der Waals surface area contributed by atoms with Crippen molar-refractivity contribution in [1.29, 1.82) is 0 Å². The van der Waals surface area contributed by atoms with Crippen molar-refractivity contribution in [2.45, 2.75) is 6.29 Å². The van der Waals surface area contributed by atoms with E-state index in [1.807, 2.05) is 0 Å². The third-order valence-corrected chi connectivity index (χ3v) is 1.77. The first-order chi connectivity index (χ1) is 4.59. The molecule has 0 aliphatic rings. The summed E-state index contributed by atoms with van der Waals surface area (Å²) < 4.78 is 0. The van der Waals surface area contributed by atoms with Crippen molar-refractivity contribution >= 4 is 10.2 Å². The highest BCUT2D eigenvalue weighted by atomic mass is 28.1. The van der Waals surface area contributed by atoms with Gasteiger partial charge in [-0.15, -0.1) is 0 Å². The second-order valence-electron chi connectivity index (χ2n) is 2.86. The molecule has 0 spiro atoms. The van der Waals surface area contributed by atoms with Crippen LogP contribution in [0.3, 0.4) is 0 Å². The van der Waals surface area contributed by atoms with E-state index < -0.39 is 0 Å². The maximum atomic E-state index is 3.40. The van der Waals surface area contributed by atoms with Crippen LogP contribution in [0.4, 0.5) is 0 Å². The molecule has 0 amide bonds. The molecule has 4 heteroatoms. The third-order valence-electron chi connectivity index (χ3n) is 1.36. The van der Waals surface area contributed by atoms with Crippen molar-refractivity contribution < 1.29 is 0 Å². The molecular formula is C6H19N3Si. The Morgan fingerprint density at radius 1 is 1.20 bits per heavy atom. The zero-order chi connectivity index (χ0) is 8.15. The first-order valence-corrected chi connectivity index (χ1v) is 5.07. The fourth-order valence-corrected chi connectivity index (χ4v) is 1.37. The third kappa shape index (κ3) is 3.31. The van der Waals surface area contributed by atoms with E-state index in [0.29, 0.717) is 6.29 Å². The minimum absolute atomic E-state index is 0.387. The minimum Gasteiger partial charge on any atom is -0.293 e. The molecule has 0 saturated heterocycles. The predicted octanol–water partition coefficient (Wildman–Crippen LogP) is -1.69. The lowest BCUT2D eigenvalue weighted by atomic mass is 10.6. The minimum atomic E-state index is 0.387. The van der Waals surface area contributed by atoms with Crippen LogP contribution in [-0.2, 0) is 0 Å². The van der Waals surface area contributed by atoms with Gasteiger partial charge in [-0.2, -0.15) is 0 Å². The molecule has 0 aromatic carbocycles. The van der Waals surface area contributed by atoms with Crippen LogP contribution < -0.4 is 5.32 Å². The Labute approximate surface area is 66.8 Å². The van der Waals surface area contributed by atoms with Crippen LogP contribution in [0.1, 0.15) is 0 Å². The predicted molar refractivity (Wildman–Crippen MR) is 49.1 cm³/mol. The Balaban J connectivity index is 3.73. The van der Waals surface area contributed by atoms with Gasteiger partial charge in [0.1, 0.15) is 6.29 Å². The second kappa shape index (κ2) is 4.84. The smallest absolute Gasteiger partial charge is 0.115 e. The molecular weight excluding hydrogens is 142 g/mol. The van der Waals surface area contributed by atoms with Gasteiger partial charge in [-0.05, 0) is 34.4 Å². The van der Waals surface area contributed by atoms with Crippen LogP contribution in [0.15, 0.2) is 0 Å². The van der Waals surface area contributed by atoms with Gasteiger partial charge in [0.25, 0.3) is 0 Å². The number of hydrogen-bond donors (Lipinski definition) is 1. The van der Waals surface area contributed by atoms with E-state index in [1.54, 1.807) is 0 Å². The fraction of sp³-hybridized carbons (Fsp3) is 1.00. The summed E-state index contributed by atoms with van der Waals surface area (Å²) in [5.74, 6) is 0. The SMILES string of the molecule is CN(C)C(NC[SiH3])N(C)C. The standard InChI is InChI=1S/C6H19N3Si/c1-8(2)6(7-5-10)9(3)4/h6-7H,5H2,1-4,10H3. The second-order valence-corrected chi connectivity index (χ2v) is 3.57. The number of hydrogen-bond acceptors (Lipinski definition) is 3. The van der Waals surface area contributed by atoms with Crippen molar-refractivity contribution in [3.8, 4) is 0 Å². The summed E-state index contributed by atoms with van der Waals surface area (Å²) in [6.07, 6.45) is 1.53. The zero-order valence-corrected chi connectivity index (χ0v) is 9.68. The van der Waals surface area contributed by atoms with Crippen LogP contribution in [0.5, 0.6) is 0 Å². The van der Waals surface area contributed by atoms with Crippen LogP contribution in [0.2, 0.25) is 0 Å². The Morgan fingerprint density at radius 3 is 1.70 bits per heavy atom. The summed E-state index contributed by atoms with van der Waals surface area (Å²) in [5, 5.41) is 3.40. The zero-order valence-electron chi connectivity index (χ0n) is 7.68. The van der Waals surface area contributed by atoms with E-state index in [-0.39, 0.29) is 0 Å². The van der Waals surface area contributed by atoms with Crippen LogP contribution in [-0.4, -0.2) is 60.7 Å². The lowest BCUT2D eigenvalue weighted by Gasteiger charge is -2.30. The maximum absolute atomic E-state index is 3.40. The Morgan fingerprint density at radius 2 is 1.60 bits per heavy atom. The average Bonchev–Trinajstić information content (AvgIpc) is 1.81. The first-order valence-electron chi connectivity index (χ1n) is 3.65. The van der Waals surface area contributed by atoms with Gasteiger partial charge in [0.05, 0.1) is 0 Å². The largest absolute Gasteiger partial charge is 0.293 e. The molecule has 62 valence electrons. The average molecular weight is 161 g/mol. The van der Waals surface area contributed by atoms with Crippen LogP contribution >= 0.6 is 0 Å². The Hall–Kier alpha value is 0.0969.